The molecule has 1 aromatic rings. The minimum absolute atomic E-state index is 0.0193. The van der Waals surface area contributed by atoms with Crippen LogP contribution < -0.4 is 0 Å². The van der Waals surface area contributed by atoms with Gasteiger partial charge in [0.15, 0.2) is 0 Å². The maximum atomic E-state index is 8.84. The lowest BCUT2D eigenvalue weighted by Gasteiger charge is -2.24. The van der Waals surface area contributed by atoms with Crippen molar-refractivity contribution in [3.63, 3.8) is 0 Å². The highest BCUT2D eigenvalue weighted by Crippen LogP contribution is 2.27. The minimum Gasteiger partial charge on any atom is -0.257 e. The van der Waals surface area contributed by atoms with Crippen LogP contribution in [0.4, 0.5) is 0 Å². The van der Waals surface area contributed by atoms with Crippen LogP contribution in [-0.4, -0.2) is 4.98 Å². The predicted molar refractivity (Wildman–Crippen MR) is 71.0 cm³/mol. The molecule has 0 fully saturated rings. The largest absolute Gasteiger partial charge is 0.257 e. The fourth-order valence-corrected chi connectivity index (χ4v) is 1.55. The summed E-state index contributed by atoms with van der Waals surface area (Å²) in [7, 11) is 0. The molecule has 1 rings (SSSR count). The summed E-state index contributed by atoms with van der Waals surface area (Å²) >= 11 is 0. The summed E-state index contributed by atoms with van der Waals surface area (Å²) in [5.41, 5.74) is 3.24. The smallest absolute Gasteiger partial charge is 0.0669 e. The Labute approximate surface area is 105 Å². The van der Waals surface area contributed by atoms with Crippen molar-refractivity contribution >= 4 is 0 Å². The molecule has 0 aliphatic rings. The SMILES string of the molecule is CC(C)(C)c1cc(CC#N)cc(C(C)(C)C)n1. The third kappa shape index (κ3) is 3.56. The van der Waals surface area contributed by atoms with Gasteiger partial charge in [-0.1, -0.05) is 41.5 Å². The predicted octanol–water partition coefficient (Wildman–Crippen LogP) is 3.74. The first-order chi connectivity index (χ1) is 7.64. The summed E-state index contributed by atoms with van der Waals surface area (Å²) in [6.07, 6.45) is 0.453. The van der Waals surface area contributed by atoms with Gasteiger partial charge in [-0.3, -0.25) is 4.98 Å². The topological polar surface area (TPSA) is 36.7 Å². The Morgan fingerprint density at radius 2 is 1.41 bits per heavy atom. The van der Waals surface area contributed by atoms with Crippen LogP contribution in [0.5, 0.6) is 0 Å². The first-order valence-electron chi connectivity index (χ1n) is 6.03. The second-order valence-electron chi connectivity index (χ2n) is 6.58. The van der Waals surface area contributed by atoms with Gasteiger partial charge in [0.2, 0.25) is 0 Å². The fourth-order valence-electron chi connectivity index (χ4n) is 1.55. The van der Waals surface area contributed by atoms with E-state index in [0.717, 1.165) is 17.0 Å². The Bertz CT molecular complexity index is 407. The van der Waals surface area contributed by atoms with Crippen LogP contribution in [0, 0.1) is 11.3 Å². The van der Waals surface area contributed by atoms with Gasteiger partial charge in [0, 0.05) is 22.2 Å². The zero-order valence-corrected chi connectivity index (χ0v) is 11.8. The molecule has 0 amide bonds. The molecule has 92 valence electrons. The normalized spacial score (nSPS) is 12.3. The Hall–Kier alpha value is -1.36. The molecular formula is C15H22N2. The van der Waals surface area contributed by atoms with Crippen molar-refractivity contribution in [3.8, 4) is 6.07 Å². The molecule has 2 nitrogen and oxygen atoms in total. The summed E-state index contributed by atoms with van der Waals surface area (Å²) in [6, 6.07) is 6.32. The summed E-state index contributed by atoms with van der Waals surface area (Å²) in [4.78, 5) is 4.75. The second-order valence-corrected chi connectivity index (χ2v) is 6.58. The average Bonchev–Trinajstić information content (AvgIpc) is 2.15. The maximum Gasteiger partial charge on any atom is 0.0669 e. The Morgan fingerprint density at radius 1 is 1.00 bits per heavy atom. The van der Waals surface area contributed by atoms with E-state index < -0.39 is 0 Å². The van der Waals surface area contributed by atoms with Crippen LogP contribution in [0.1, 0.15) is 58.5 Å². The molecule has 0 aliphatic carbocycles. The zero-order valence-electron chi connectivity index (χ0n) is 11.8. The van der Waals surface area contributed by atoms with Gasteiger partial charge in [-0.15, -0.1) is 0 Å². The lowest BCUT2D eigenvalue weighted by Crippen LogP contribution is -2.20. The van der Waals surface area contributed by atoms with Gasteiger partial charge in [0.05, 0.1) is 12.5 Å². The molecule has 0 radical (unpaired) electrons. The van der Waals surface area contributed by atoms with E-state index in [1.165, 1.54) is 0 Å². The molecular weight excluding hydrogens is 208 g/mol. The van der Waals surface area contributed by atoms with E-state index in [1.54, 1.807) is 0 Å². The number of hydrogen-bond acceptors (Lipinski definition) is 2. The van der Waals surface area contributed by atoms with Gasteiger partial charge in [-0.25, -0.2) is 0 Å². The van der Waals surface area contributed by atoms with Crippen molar-refractivity contribution in [3.05, 3.63) is 29.1 Å². The Balaban J connectivity index is 3.35. The van der Waals surface area contributed by atoms with Crippen molar-refractivity contribution in [2.75, 3.05) is 0 Å². The highest BCUT2D eigenvalue weighted by atomic mass is 14.7. The van der Waals surface area contributed by atoms with Crippen LogP contribution in [0.3, 0.4) is 0 Å². The highest BCUT2D eigenvalue weighted by molar-refractivity contribution is 5.30. The molecule has 0 aliphatic heterocycles. The van der Waals surface area contributed by atoms with Crippen LogP contribution in [0.15, 0.2) is 12.1 Å². The molecule has 0 atom stereocenters. The van der Waals surface area contributed by atoms with Crippen molar-refractivity contribution in [2.45, 2.75) is 58.8 Å². The third-order valence-corrected chi connectivity index (χ3v) is 2.71. The second kappa shape index (κ2) is 4.49. The monoisotopic (exact) mass is 230 g/mol. The number of aromatic nitrogens is 1. The Morgan fingerprint density at radius 3 is 1.71 bits per heavy atom. The standard InChI is InChI=1S/C15H22N2/c1-14(2,3)12-9-11(7-8-16)10-13(17-12)15(4,5)6/h9-10H,7H2,1-6H3. The molecule has 1 heterocycles. The zero-order chi connectivity index (χ0) is 13.3. The molecule has 0 bridgehead atoms. The van der Waals surface area contributed by atoms with Gasteiger partial charge in [0.25, 0.3) is 0 Å². The van der Waals surface area contributed by atoms with Crippen LogP contribution in [-0.2, 0) is 17.3 Å². The van der Waals surface area contributed by atoms with Crippen LogP contribution in [0.2, 0.25) is 0 Å². The number of pyridine rings is 1. The minimum atomic E-state index is 0.0193. The highest BCUT2D eigenvalue weighted by Gasteiger charge is 2.21. The van der Waals surface area contributed by atoms with Gasteiger partial charge in [-0.05, 0) is 17.7 Å². The summed E-state index contributed by atoms with van der Waals surface area (Å²) in [6.45, 7) is 12.9. The molecule has 2 heteroatoms. The summed E-state index contributed by atoms with van der Waals surface area (Å²) in [5.74, 6) is 0. The molecule has 1 aromatic heterocycles. The van der Waals surface area contributed by atoms with Crippen molar-refractivity contribution in [1.29, 1.82) is 5.26 Å². The lowest BCUT2D eigenvalue weighted by atomic mass is 9.86. The number of nitrogens with zero attached hydrogens (tertiary/aromatic N) is 2. The number of nitriles is 1. The van der Waals surface area contributed by atoms with Gasteiger partial charge in [0.1, 0.15) is 0 Å². The average molecular weight is 230 g/mol. The van der Waals surface area contributed by atoms with Gasteiger partial charge in [-0.2, -0.15) is 5.26 Å². The number of hydrogen-bond donors (Lipinski definition) is 0. The molecule has 0 N–H and O–H groups in total. The third-order valence-electron chi connectivity index (χ3n) is 2.71. The molecule has 0 saturated carbocycles. The van der Waals surface area contributed by atoms with Crippen molar-refractivity contribution in [2.24, 2.45) is 0 Å². The van der Waals surface area contributed by atoms with Crippen LogP contribution in [0.25, 0.3) is 0 Å². The van der Waals surface area contributed by atoms with Gasteiger partial charge < -0.3 is 0 Å². The molecule has 0 spiro atoms. The molecule has 0 saturated heterocycles. The number of rotatable bonds is 1. The van der Waals surface area contributed by atoms with E-state index >= 15 is 0 Å². The van der Waals surface area contributed by atoms with E-state index in [0.29, 0.717) is 6.42 Å². The van der Waals surface area contributed by atoms with E-state index in [4.69, 9.17) is 10.2 Å². The maximum absolute atomic E-state index is 8.84. The van der Waals surface area contributed by atoms with Gasteiger partial charge >= 0.3 is 0 Å². The van der Waals surface area contributed by atoms with E-state index in [-0.39, 0.29) is 10.8 Å². The van der Waals surface area contributed by atoms with E-state index in [9.17, 15) is 0 Å². The first kappa shape index (κ1) is 13.7. The molecule has 0 aromatic carbocycles. The fraction of sp³-hybridized carbons (Fsp3) is 0.600. The molecule has 0 unspecified atom stereocenters. The van der Waals surface area contributed by atoms with Crippen molar-refractivity contribution in [1.82, 2.24) is 4.98 Å². The Kier molecular flexibility index (Phi) is 3.62. The molecule has 17 heavy (non-hydrogen) atoms. The lowest BCUT2D eigenvalue weighted by molar-refractivity contribution is 0.529. The summed E-state index contributed by atoms with van der Waals surface area (Å²) < 4.78 is 0. The van der Waals surface area contributed by atoms with Crippen LogP contribution >= 0.6 is 0 Å². The summed E-state index contributed by atoms with van der Waals surface area (Å²) in [5, 5.41) is 8.84. The van der Waals surface area contributed by atoms with E-state index in [2.05, 4.69) is 59.7 Å². The quantitative estimate of drug-likeness (QED) is 0.737. The first-order valence-corrected chi connectivity index (χ1v) is 6.03. The van der Waals surface area contributed by atoms with E-state index in [1.807, 2.05) is 0 Å². The van der Waals surface area contributed by atoms with Crippen molar-refractivity contribution < 1.29 is 0 Å².